The van der Waals surface area contributed by atoms with Gasteiger partial charge in [0.25, 0.3) is 0 Å². The van der Waals surface area contributed by atoms with Gasteiger partial charge in [0, 0.05) is 24.4 Å². The summed E-state index contributed by atoms with van der Waals surface area (Å²) < 4.78 is 18.1. The quantitative estimate of drug-likeness (QED) is 0.655. The number of nitrogens with zero attached hydrogens (tertiary/aromatic N) is 2. The average molecular weight is 367 g/mol. The van der Waals surface area contributed by atoms with Gasteiger partial charge in [-0.25, -0.2) is 4.39 Å². The maximum atomic E-state index is 13.0. The molecule has 3 aromatic rings. The molecule has 0 aliphatic heterocycles. The summed E-state index contributed by atoms with van der Waals surface area (Å²) in [5, 5.41) is 6.87. The van der Waals surface area contributed by atoms with Crippen molar-refractivity contribution in [3.63, 3.8) is 0 Å². The summed E-state index contributed by atoms with van der Waals surface area (Å²) in [4.78, 5) is 16.4. The van der Waals surface area contributed by atoms with Crippen LogP contribution in [0.5, 0.6) is 0 Å². The third-order valence-electron chi connectivity index (χ3n) is 4.25. The maximum Gasteiger partial charge on any atom is 0.227 e. The zero-order valence-electron chi connectivity index (χ0n) is 15.2. The first-order chi connectivity index (χ1) is 13.1. The number of carbonyl (C=O) groups is 1. The van der Waals surface area contributed by atoms with E-state index >= 15 is 0 Å². The Balaban J connectivity index is 1.43. The van der Waals surface area contributed by atoms with Crippen LogP contribution in [0.25, 0.3) is 11.4 Å². The molecule has 1 amide bonds. The first-order valence-electron chi connectivity index (χ1n) is 9.02. The lowest BCUT2D eigenvalue weighted by Crippen LogP contribution is -2.33. The van der Waals surface area contributed by atoms with E-state index in [0.29, 0.717) is 23.7 Å². The molecular formula is C21H22FN3O2. The van der Waals surface area contributed by atoms with Crippen LogP contribution in [-0.4, -0.2) is 22.1 Å². The third-order valence-corrected chi connectivity index (χ3v) is 4.25. The van der Waals surface area contributed by atoms with E-state index in [0.717, 1.165) is 12.8 Å². The highest BCUT2D eigenvalue weighted by Crippen LogP contribution is 2.16. The Hall–Kier alpha value is -3.02. The standard InChI is InChI=1S/C21H22FN3O2/c1-15(7-8-16-5-3-2-4-6-16)23-19(26)13-14-20-24-21(25-27-20)17-9-11-18(22)12-10-17/h2-6,9-12,15H,7-8,13-14H2,1H3,(H,23,26). The van der Waals surface area contributed by atoms with E-state index in [1.165, 1.54) is 17.7 Å². The maximum absolute atomic E-state index is 13.0. The second kappa shape index (κ2) is 9.07. The van der Waals surface area contributed by atoms with E-state index in [1.54, 1.807) is 12.1 Å². The molecule has 0 aliphatic rings. The Morgan fingerprint density at radius 2 is 1.85 bits per heavy atom. The predicted molar refractivity (Wildman–Crippen MR) is 100 cm³/mol. The van der Waals surface area contributed by atoms with Crippen molar-refractivity contribution in [3.8, 4) is 11.4 Å². The van der Waals surface area contributed by atoms with E-state index in [9.17, 15) is 9.18 Å². The molecule has 0 bridgehead atoms. The molecule has 3 rings (SSSR count). The van der Waals surface area contributed by atoms with Crippen LogP contribution in [0.2, 0.25) is 0 Å². The highest BCUT2D eigenvalue weighted by Gasteiger charge is 2.12. The van der Waals surface area contributed by atoms with Gasteiger partial charge in [-0.3, -0.25) is 4.79 Å². The molecule has 1 atom stereocenters. The Kier molecular flexibility index (Phi) is 6.30. The van der Waals surface area contributed by atoms with E-state index in [1.807, 2.05) is 25.1 Å². The summed E-state index contributed by atoms with van der Waals surface area (Å²) in [6.45, 7) is 2.00. The molecule has 0 fully saturated rings. The molecule has 1 aromatic heterocycles. The molecule has 0 saturated heterocycles. The number of carbonyl (C=O) groups excluding carboxylic acids is 1. The van der Waals surface area contributed by atoms with Gasteiger partial charge in [-0.15, -0.1) is 0 Å². The summed E-state index contributed by atoms with van der Waals surface area (Å²) in [6.07, 6.45) is 2.45. The Morgan fingerprint density at radius 3 is 2.59 bits per heavy atom. The van der Waals surface area contributed by atoms with Crippen molar-refractivity contribution in [2.75, 3.05) is 0 Å². The van der Waals surface area contributed by atoms with Crippen LogP contribution in [0, 0.1) is 5.82 Å². The molecule has 1 N–H and O–H groups in total. The average Bonchev–Trinajstić information content (AvgIpc) is 3.15. The lowest BCUT2D eigenvalue weighted by Gasteiger charge is -2.13. The molecule has 0 aliphatic carbocycles. The molecule has 27 heavy (non-hydrogen) atoms. The molecule has 0 radical (unpaired) electrons. The minimum absolute atomic E-state index is 0.0444. The van der Waals surface area contributed by atoms with Gasteiger partial charge in [0.05, 0.1) is 0 Å². The van der Waals surface area contributed by atoms with Gasteiger partial charge >= 0.3 is 0 Å². The van der Waals surface area contributed by atoms with Gasteiger partial charge in [-0.2, -0.15) is 4.98 Å². The number of amides is 1. The monoisotopic (exact) mass is 367 g/mol. The third kappa shape index (κ3) is 5.74. The number of rotatable bonds is 8. The first kappa shape index (κ1) is 18.8. The number of nitrogens with one attached hydrogen (secondary N) is 1. The summed E-state index contributed by atoms with van der Waals surface area (Å²) >= 11 is 0. The van der Waals surface area contributed by atoms with Gasteiger partial charge in [-0.05, 0) is 49.6 Å². The highest BCUT2D eigenvalue weighted by molar-refractivity contribution is 5.76. The molecule has 2 aromatic carbocycles. The van der Waals surface area contributed by atoms with Crippen molar-refractivity contribution in [3.05, 3.63) is 71.9 Å². The van der Waals surface area contributed by atoms with Crippen molar-refractivity contribution in [1.82, 2.24) is 15.5 Å². The molecule has 0 saturated carbocycles. The Morgan fingerprint density at radius 1 is 1.11 bits per heavy atom. The second-order valence-electron chi connectivity index (χ2n) is 6.51. The van der Waals surface area contributed by atoms with Gasteiger partial charge in [0.1, 0.15) is 5.82 Å². The van der Waals surface area contributed by atoms with E-state index in [-0.39, 0.29) is 24.2 Å². The summed E-state index contributed by atoms with van der Waals surface area (Å²) in [7, 11) is 0. The number of aromatic nitrogens is 2. The SMILES string of the molecule is CC(CCc1ccccc1)NC(=O)CCc1nc(-c2ccc(F)cc2)no1. The zero-order valence-corrected chi connectivity index (χ0v) is 15.2. The molecule has 1 heterocycles. The summed E-state index contributed by atoms with van der Waals surface area (Å²) in [5.74, 6) is 0.417. The highest BCUT2D eigenvalue weighted by atomic mass is 19.1. The minimum Gasteiger partial charge on any atom is -0.354 e. The Bertz CT molecular complexity index is 863. The number of hydrogen-bond donors (Lipinski definition) is 1. The molecule has 1 unspecified atom stereocenters. The number of hydrogen-bond acceptors (Lipinski definition) is 4. The fourth-order valence-corrected chi connectivity index (χ4v) is 2.74. The van der Waals surface area contributed by atoms with Crippen molar-refractivity contribution >= 4 is 5.91 Å². The predicted octanol–water partition coefficient (Wildman–Crippen LogP) is 3.95. The molecule has 0 spiro atoms. The normalized spacial score (nSPS) is 11.9. The largest absolute Gasteiger partial charge is 0.354 e. The van der Waals surface area contributed by atoms with Gasteiger partial charge < -0.3 is 9.84 Å². The zero-order chi connectivity index (χ0) is 19.1. The molecular weight excluding hydrogens is 345 g/mol. The summed E-state index contributed by atoms with van der Waals surface area (Å²) in [5.41, 5.74) is 1.93. The lowest BCUT2D eigenvalue weighted by atomic mass is 10.1. The van der Waals surface area contributed by atoms with Crippen LogP contribution < -0.4 is 5.32 Å². The van der Waals surface area contributed by atoms with Crippen LogP contribution >= 0.6 is 0 Å². The number of halogens is 1. The summed E-state index contributed by atoms with van der Waals surface area (Å²) in [6, 6.07) is 16.2. The van der Waals surface area contributed by atoms with Crippen molar-refractivity contribution in [2.45, 2.75) is 38.6 Å². The van der Waals surface area contributed by atoms with Gasteiger partial charge in [0.2, 0.25) is 17.6 Å². The van der Waals surface area contributed by atoms with Crippen molar-refractivity contribution < 1.29 is 13.7 Å². The van der Waals surface area contributed by atoms with Crippen molar-refractivity contribution in [1.29, 1.82) is 0 Å². The van der Waals surface area contributed by atoms with Crippen LogP contribution in [0.3, 0.4) is 0 Å². The fourth-order valence-electron chi connectivity index (χ4n) is 2.74. The van der Waals surface area contributed by atoms with E-state index in [2.05, 4.69) is 27.6 Å². The molecule has 5 nitrogen and oxygen atoms in total. The Labute approximate surface area is 157 Å². The lowest BCUT2D eigenvalue weighted by molar-refractivity contribution is -0.121. The second-order valence-corrected chi connectivity index (χ2v) is 6.51. The topological polar surface area (TPSA) is 68.0 Å². The molecule has 6 heteroatoms. The van der Waals surface area contributed by atoms with Gasteiger partial charge in [0.15, 0.2) is 0 Å². The van der Waals surface area contributed by atoms with Crippen LogP contribution in [0.1, 0.15) is 31.2 Å². The van der Waals surface area contributed by atoms with Gasteiger partial charge in [-0.1, -0.05) is 35.5 Å². The first-order valence-corrected chi connectivity index (χ1v) is 9.02. The number of aryl methyl sites for hydroxylation is 2. The minimum atomic E-state index is -0.319. The van der Waals surface area contributed by atoms with E-state index < -0.39 is 0 Å². The van der Waals surface area contributed by atoms with E-state index in [4.69, 9.17) is 4.52 Å². The van der Waals surface area contributed by atoms with Crippen molar-refractivity contribution in [2.24, 2.45) is 0 Å². The van der Waals surface area contributed by atoms with Crippen LogP contribution in [0.4, 0.5) is 4.39 Å². The van der Waals surface area contributed by atoms with Crippen LogP contribution in [0.15, 0.2) is 59.1 Å². The smallest absolute Gasteiger partial charge is 0.227 e. The van der Waals surface area contributed by atoms with Crippen LogP contribution in [-0.2, 0) is 17.6 Å². The molecule has 140 valence electrons. The fraction of sp³-hybridized carbons (Fsp3) is 0.286. The number of benzene rings is 2.